The molecule has 0 N–H and O–H groups in total. The number of ether oxygens (including phenoxy) is 2. The Morgan fingerprint density at radius 3 is 2.08 bits per heavy atom. The van der Waals surface area contributed by atoms with E-state index in [9.17, 15) is 9.59 Å². The summed E-state index contributed by atoms with van der Waals surface area (Å²) >= 11 is 0. The van der Waals surface area contributed by atoms with Crippen molar-refractivity contribution in [2.45, 2.75) is 0 Å². The molecule has 0 aromatic heterocycles. The van der Waals surface area contributed by atoms with Crippen LogP contribution >= 0.6 is 0 Å². The predicted octanol–water partition coefficient (Wildman–Crippen LogP) is 3.02. The summed E-state index contributed by atoms with van der Waals surface area (Å²) < 4.78 is 10.5. The van der Waals surface area contributed by atoms with Crippen molar-refractivity contribution in [2.24, 2.45) is 4.99 Å². The van der Waals surface area contributed by atoms with Crippen molar-refractivity contribution in [2.75, 3.05) is 6.54 Å². The molecule has 0 saturated heterocycles. The van der Waals surface area contributed by atoms with Crippen LogP contribution in [0, 0.1) is 0 Å². The molecule has 6 nitrogen and oxygen atoms in total. The molecule has 1 amide bonds. The van der Waals surface area contributed by atoms with Crippen LogP contribution in [0.2, 0.25) is 0 Å². The Balaban J connectivity index is 1.73. The highest BCUT2D eigenvalue weighted by atomic mass is 16.6. The average molecular weight is 322 g/mol. The summed E-state index contributed by atoms with van der Waals surface area (Å²) in [4.78, 5) is 29.7. The Bertz CT molecular complexity index is 785. The first kappa shape index (κ1) is 15.5. The maximum atomic E-state index is 12.3. The van der Waals surface area contributed by atoms with Crippen molar-refractivity contribution in [3.8, 4) is 11.5 Å². The van der Waals surface area contributed by atoms with Gasteiger partial charge in [0.25, 0.3) is 0 Å². The number of carbonyl (C=O) groups is 2. The molecule has 0 fully saturated rings. The van der Waals surface area contributed by atoms with Crippen molar-refractivity contribution in [1.82, 2.24) is 4.90 Å². The van der Waals surface area contributed by atoms with E-state index >= 15 is 0 Å². The Labute approximate surface area is 138 Å². The van der Waals surface area contributed by atoms with Crippen LogP contribution in [0.25, 0.3) is 0 Å². The van der Waals surface area contributed by atoms with E-state index in [1.54, 1.807) is 48.5 Å². The van der Waals surface area contributed by atoms with E-state index in [-0.39, 0.29) is 12.2 Å². The summed E-state index contributed by atoms with van der Waals surface area (Å²) in [6.07, 6.45) is 2.11. The largest absolute Gasteiger partial charge is 0.422 e. The Morgan fingerprint density at radius 1 is 0.875 bits per heavy atom. The molecular weight excluding hydrogens is 308 g/mol. The minimum absolute atomic E-state index is 0.0160. The monoisotopic (exact) mass is 322 g/mol. The fourth-order valence-corrected chi connectivity index (χ4v) is 2.05. The van der Waals surface area contributed by atoms with Crippen molar-refractivity contribution >= 4 is 18.3 Å². The van der Waals surface area contributed by atoms with Crippen LogP contribution in [0.15, 0.2) is 77.6 Å². The fourth-order valence-electron chi connectivity index (χ4n) is 2.05. The van der Waals surface area contributed by atoms with Crippen molar-refractivity contribution < 1.29 is 19.1 Å². The van der Waals surface area contributed by atoms with Crippen LogP contribution in [0.1, 0.15) is 0 Å². The number of hydrogen-bond donors (Lipinski definition) is 0. The molecule has 0 saturated carbocycles. The van der Waals surface area contributed by atoms with Gasteiger partial charge in [-0.1, -0.05) is 36.4 Å². The summed E-state index contributed by atoms with van der Waals surface area (Å²) in [7, 11) is 0. The van der Waals surface area contributed by atoms with Gasteiger partial charge in [-0.05, 0) is 24.3 Å². The number of aliphatic imine (C=N–C) groups is 1. The van der Waals surface area contributed by atoms with Crippen LogP contribution in [0.4, 0.5) is 4.79 Å². The van der Waals surface area contributed by atoms with Gasteiger partial charge in [-0.25, -0.2) is 9.59 Å². The van der Waals surface area contributed by atoms with Crippen molar-refractivity contribution in [3.63, 3.8) is 0 Å². The molecule has 0 spiro atoms. The number of amides is 1. The van der Waals surface area contributed by atoms with E-state index in [2.05, 4.69) is 4.99 Å². The SMILES string of the molecule is O=C(Oc1ccccc1)C1=CN=CCN1C(=O)Oc1ccccc1. The van der Waals surface area contributed by atoms with Crippen LogP contribution in [0.5, 0.6) is 11.5 Å². The second-order valence-electron chi connectivity index (χ2n) is 4.84. The molecule has 0 radical (unpaired) electrons. The number of esters is 1. The maximum absolute atomic E-state index is 12.3. The van der Waals surface area contributed by atoms with Crippen LogP contribution in [-0.2, 0) is 4.79 Å². The second kappa shape index (κ2) is 7.23. The highest BCUT2D eigenvalue weighted by molar-refractivity contribution is 5.95. The van der Waals surface area contributed by atoms with Gasteiger partial charge in [-0.3, -0.25) is 9.89 Å². The molecule has 0 aliphatic carbocycles. The summed E-state index contributed by atoms with van der Waals surface area (Å²) in [5, 5.41) is 0. The summed E-state index contributed by atoms with van der Waals surface area (Å²) in [5.41, 5.74) is 0.0160. The number of rotatable bonds is 3. The lowest BCUT2D eigenvalue weighted by molar-refractivity contribution is -0.131. The van der Waals surface area contributed by atoms with Gasteiger partial charge in [0.1, 0.15) is 11.5 Å². The summed E-state index contributed by atoms with van der Waals surface area (Å²) in [6.45, 7) is 0.126. The lowest BCUT2D eigenvalue weighted by Crippen LogP contribution is -2.39. The second-order valence-corrected chi connectivity index (χ2v) is 4.84. The lowest BCUT2D eigenvalue weighted by atomic mass is 10.3. The molecular formula is C18H14N2O4. The molecule has 0 unspecified atom stereocenters. The first-order valence-corrected chi connectivity index (χ1v) is 7.27. The van der Waals surface area contributed by atoms with E-state index in [0.29, 0.717) is 11.5 Å². The molecule has 120 valence electrons. The predicted molar refractivity (Wildman–Crippen MR) is 87.8 cm³/mol. The van der Waals surface area contributed by atoms with Crippen LogP contribution in [-0.4, -0.2) is 29.7 Å². The zero-order valence-electron chi connectivity index (χ0n) is 12.7. The van der Waals surface area contributed by atoms with Gasteiger partial charge in [0, 0.05) is 6.21 Å². The standard InChI is InChI=1S/C18H14N2O4/c21-17(23-14-7-3-1-4-8-14)16-13-19-11-12-20(16)18(22)24-15-9-5-2-6-10-15/h1-11,13H,12H2. The first-order chi connectivity index (χ1) is 11.7. The van der Waals surface area contributed by atoms with Gasteiger partial charge in [-0.15, -0.1) is 0 Å². The smallest absolute Gasteiger partial charge is 0.420 e. The van der Waals surface area contributed by atoms with Gasteiger partial charge in [-0.2, -0.15) is 0 Å². The van der Waals surface area contributed by atoms with Gasteiger partial charge < -0.3 is 9.47 Å². The van der Waals surface area contributed by atoms with Crippen LogP contribution < -0.4 is 9.47 Å². The minimum Gasteiger partial charge on any atom is -0.422 e. The van der Waals surface area contributed by atoms with E-state index in [4.69, 9.17) is 9.47 Å². The first-order valence-electron chi connectivity index (χ1n) is 7.27. The van der Waals surface area contributed by atoms with E-state index in [1.807, 2.05) is 12.1 Å². The quantitative estimate of drug-likeness (QED) is 0.643. The van der Waals surface area contributed by atoms with Crippen molar-refractivity contribution in [3.05, 3.63) is 72.6 Å². The highest BCUT2D eigenvalue weighted by Gasteiger charge is 2.28. The molecule has 2 aromatic rings. The van der Waals surface area contributed by atoms with Gasteiger partial charge in [0.15, 0.2) is 5.70 Å². The summed E-state index contributed by atoms with van der Waals surface area (Å²) in [5.74, 6) is 0.0955. The fraction of sp³-hybridized carbons (Fsp3) is 0.0556. The molecule has 2 aromatic carbocycles. The Hall–Kier alpha value is -3.41. The number of carbonyl (C=O) groups excluding carboxylic acids is 2. The summed E-state index contributed by atoms with van der Waals surface area (Å²) in [6, 6.07) is 17.2. The maximum Gasteiger partial charge on any atom is 0.420 e. The third kappa shape index (κ3) is 3.67. The van der Waals surface area contributed by atoms with E-state index in [0.717, 1.165) is 0 Å². The minimum atomic E-state index is -0.678. The van der Waals surface area contributed by atoms with Gasteiger partial charge >= 0.3 is 12.1 Å². The third-order valence-corrected chi connectivity index (χ3v) is 3.19. The zero-order valence-corrected chi connectivity index (χ0v) is 12.7. The van der Waals surface area contributed by atoms with Gasteiger partial charge in [0.2, 0.25) is 0 Å². The topological polar surface area (TPSA) is 68.2 Å². The Morgan fingerprint density at radius 2 is 1.46 bits per heavy atom. The number of nitrogens with zero attached hydrogens (tertiary/aromatic N) is 2. The number of hydrogen-bond acceptors (Lipinski definition) is 5. The molecule has 1 aliphatic rings. The molecule has 3 rings (SSSR count). The molecule has 1 heterocycles. The molecule has 0 bridgehead atoms. The lowest BCUT2D eigenvalue weighted by Gasteiger charge is -2.23. The third-order valence-electron chi connectivity index (χ3n) is 3.19. The van der Waals surface area contributed by atoms with E-state index in [1.165, 1.54) is 17.3 Å². The van der Waals surface area contributed by atoms with Gasteiger partial charge in [0.05, 0.1) is 12.7 Å². The highest BCUT2D eigenvalue weighted by Crippen LogP contribution is 2.17. The van der Waals surface area contributed by atoms with Crippen LogP contribution in [0.3, 0.4) is 0 Å². The normalized spacial score (nSPS) is 13.2. The average Bonchev–Trinajstić information content (AvgIpc) is 2.63. The van der Waals surface area contributed by atoms with Crippen molar-refractivity contribution in [1.29, 1.82) is 0 Å². The number of benzene rings is 2. The Kier molecular flexibility index (Phi) is 4.67. The molecule has 24 heavy (non-hydrogen) atoms. The number of para-hydroxylation sites is 2. The zero-order chi connectivity index (χ0) is 16.8. The molecule has 0 atom stereocenters. The molecule has 1 aliphatic heterocycles. The van der Waals surface area contributed by atoms with E-state index < -0.39 is 12.1 Å². The molecule has 6 heteroatoms.